The van der Waals surface area contributed by atoms with Crippen molar-refractivity contribution in [3.05, 3.63) is 22.9 Å². The summed E-state index contributed by atoms with van der Waals surface area (Å²) in [5.41, 5.74) is 3.97. The number of alkyl halides is 2. The molecular weight excluding hydrogens is 232 g/mol. The van der Waals surface area contributed by atoms with Gasteiger partial charge in [0.1, 0.15) is 23.1 Å². The first-order valence-corrected chi connectivity index (χ1v) is 4.67. The Morgan fingerprint density at radius 3 is 2.82 bits per heavy atom. The molecular formula is C10H9F2N3O2. The number of pyridine rings is 1. The number of esters is 1. The van der Waals surface area contributed by atoms with Crippen LogP contribution >= 0.6 is 0 Å². The lowest BCUT2D eigenvalue weighted by molar-refractivity contribution is 0.0516. The highest BCUT2D eigenvalue weighted by molar-refractivity contribution is 5.96. The molecule has 0 aromatic carbocycles. The minimum absolute atomic E-state index is 0.0287. The zero-order chi connectivity index (χ0) is 13.0. The van der Waals surface area contributed by atoms with Gasteiger partial charge in [-0.2, -0.15) is 5.26 Å². The van der Waals surface area contributed by atoms with Gasteiger partial charge in [0.25, 0.3) is 6.43 Å². The van der Waals surface area contributed by atoms with Gasteiger partial charge < -0.3 is 10.5 Å². The van der Waals surface area contributed by atoms with Gasteiger partial charge in [-0.3, -0.25) is 0 Å². The number of hydrogen-bond donors (Lipinski definition) is 1. The van der Waals surface area contributed by atoms with E-state index in [4.69, 9.17) is 11.0 Å². The molecule has 0 aliphatic heterocycles. The molecule has 0 unspecified atom stereocenters. The molecule has 0 fully saturated rings. The average Bonchev–Trinajstić information content (AvgIpc) is 2.27. The van der Waals surface area contributed by atoms with Crippen molar-refractivity contribution in [2.24, 2.45) is 0 Å². The van der Waals surface area contributed by atoms with Crippen molar-refractivity contribution in [1.29, 1.82) is 5.26 Å². The predicted molar refractivity (Wildman–Crippen MR) is 54.3 cm³/mol. The number of rotatable bonds is 3. The van der Waals surface area contributed by atoms with E-state index in [1.165, 1.54) is 6.92 Å². The van der Waals surface area contributed by atoms with Crippen LogP contribution in [0.5, 0.6) is 0 Å². The van der Waals surface area contributed by atoms with Gasteiger partial charge in [-0.1, -0.05) is 0 Å². The molecule has 0 saturated carbocycles. The Balaban J connectivity index is 3.37. The smallest absolute Gasteiger partial charge is 0.342 e. The minimum Gasteiger partial charge on any atom is -0.462 e. The van der Waals surface area contributed by atoms with Crippen LogP contribution in [0, 0.1) is 11.3 Å². The van der Waals surface area contributed by atoms with Gasteiger partial charge in [0.15, 0.2) is 0 Å². The molecule has 17 heavy (non-hydrogen) atoms. The highest BCUT2D eigenvalue weighted by Gasteiger charge is 2.24. The van der Waals surface area contributed by atoms with Crippen molar-refractivity contribution in [2.45, 2.75) is 13.3 Å². The third-order valence-electron chi connectivity index (χ3n) is 1.91. The van der Waals surface area contributed by atoms with E-state index in [-0.39, 0.29) is 12.3 Å². The fourth-order valence-corrected chi connectivity index (χ4v) is 1.24. The van der Waals surface area contributed by atoms with E-state index in [1.54, 1.807) is 6.07 Å². The van der Waals surface area contributed by atoms with Crippen LogP contribution in [-0.4, -0.2) is 17.6 Å². The Labute approximate surface area is 95.8 Å². The number of nitriles is 1. The molecule has 0 spiro atoms. The molecule has 1 heterocycles. The molecule has 0 atom stereocenters. The number of hydrogen-bond acceptors (Lipinski definition) is 5. The van der Waals surface area contributed by atoms with E-state index in [1.807, 2.05) is 0 Å². The number of anilines is 1. The number of nitrogens with zero attached hydrogens (tertiary/aromatic N) is 2. The van der Waals surface area contributed by atoms with Gasteiger partial charge in [0.05, 0.1) is 6.61 Å². The van der Waals surface area contributed by atoms with Crippen LogP contribution in [0.3, 0.4) is 0 Å². The van der Waals surface area contributed by atoms with Gasteiger partial charge in [0.2, 0.25) is 0 Å². The molecule has 7 heteroatoms. The van der Waals surface area contributed by atoms with Crippen LogP contribution in [0.1, 0.15) is 35.0 Å². The Kier molecular flexibility index (Phi) is 3.93. The summed E-state index contributed by atoms with van der Waals surface area (Å²) in [6, 6.07) is 2.41. The number of carbonyl (C=O) groups is 1. The number of nitrogens with two attached hydrogens (primary N) is 1. The summed E-state index contributed by atoms with van der Waals surface area (Å²) in [6.45, 7) is 1.56. The molecule has 1 rings (SSSR count). The number of halogens is 2. The van der Waals surface area contributed by atoms with E-state index in [9.17, 15) is 13.6 Å². The van der Waals surface area contributed by atoms with Gasteiger partial charge in [0, 0.05) is 5.56 Å². The summed E-state index contributed by atoms with van der Waals surface area (Å²) in [5.74, 6) is -1.41. The maximum atomic E-state index is 12.7. The lowest BCUT2D eigenvalue weighted by Gasteiger charge is -2.10. The van der Waals surface area contributed by atoms with Gasteiger partial charge in [-0.05, 0) is 13.0 Å². The van der Waals surface area contributed by atoms with Crippen LogP contribution in [0.15, 0.2) is 6.07 Å². The topological polar surface area (TPSA) is 89.0 Å². The highest BCUT2D eigenvalue weighted by atomic mass is 19.3. The molecule has 1 aromatic rings. The van der Waals surface area contributed by atoms with Crippen LogP contribution in [0.2, 0.25) is 0 Å². The third kappa shape index (κ3) is 2.66. The first-order valence-electron chi connectivity index (χ1n) is 4.67. The maximum Gasteiger partial charge on any atom is 0.342 e. The molecule has 0 amide bonds. The van der Waals surface area contributed by atoms with Crippen LogP contribution in [0.25, 0.3) is 0 Å². The van der Waals surface area contributed by atoms with E-state index in [0.29, 0.717) is 0 Å². The van der Waals surface area contributed by atoms with Crippen LogP contribution in [0.4, 0.5) is 14.6 Å². The van der Waals surface area contributed by atoms with Crippen molar-refractivity contribution in [2.75, 3.05) is 12.3 Å². The Bertz CT molecular complexity index is 483. The molecule has 0 aliphatic rings. The van der Waals surface area contributed by atoms with Gasteiger partial charge in [-0.15, -0.1) is 0 Å². The molecule has 90 valence electrons. The number of aromatic nitrogens is 1. The fourth-order valence-electron chi connectivity index (χ4n) is 1.24. The minimum atomic E-state index is -2.94. The molecule has 5 nitrogen and oxygen atoms in total. The summed E-state index contributed by atoms with van der Waals surface area (Å²) in [5, 5.41) is 8.57. The normalized spacial score (nSPS) is 10.1. The quantitative estimate of drug-likeness (QED) is 0.812. The van der Waals surface area contributed by atoms with Crippen LogP contribution < -0.4 is 5.73 Å². The average molecular weight is 241 g/mol. The molecule has 0 saturated heterocycles. The summed E-state index contributed by atoms with van der Waals surface area (Å²) in [4.78, 5) is 15.0. The second kappa shape index (κ2) is 5.21. The van der Waals surface area contributed by atoms with E-state index in [2.05, 4.69) is 9.72 Å². The van der Waals surface area contributed by atoms with Crippen molar-refractivity contribution >= 4 is 11.8 Å². The summed E-state index contributed by atoms with van der Waals surface area (Å²) >= 11 is 0. The first-order chi connectivity index (χ1) is 8.01. The Hall–Kier alpha value is -2.23. The molecule has 1 aromatic heterocycles. The zero-order valence-corrected chi connectivity index (χ0v) is 8.91. The molecule has 0 aliphatic carbocycles. The monoisotopic (exact) mass is 241 g/mol. The van der Waals surface area contributed by atoms with E-state index in [0.717, 1.165) is 6.07 Å². The van der Waals surface area contributed by atoms with Gasteiger partial charge in [-0.25, -0.2) is 18.6 Å². The SMILES string of the molecule is CCOC(=O)c1c(C(F)F)cc(C#N)nc1N. The summed E-state index contributed by atoms with van der Waals surface area (Å²) in [6.07, 6.45) is -2.94. The van der Waals surface area contributed by atoms with Crippen molar-refractivity contribution in [1.82, 2.24) is 4.98 Å². The number of ether oxygens (including phenoxy) is 1. The second-order valence-electron chi connectivity index (χ2n) is 2.99. The van der Waals surface area contributed by atoms with Crippen LogP contribution in [-0.2, 0) is 4.74 Å². The highest BCUT2D eigenvalue weighted by Crippen LogP contribution is 2.27. The van der Waals surface area contributed by atoms with Gasteiger partial charge >= 0.3 is 5.97 Å². The number of nitrogen functional groups attached to an aromatic ring is 1. The summed E-state index contributed by atoms with van der Waals surface area (Å²) < 4.78 is 30.0. The Morgan fingerprint density at radius 1 is 1.71 bits per heavy atom. The number of carbonyl (C=O) groups excluding carboxylic acids is 1. The standard InChI is InChI=1S/C10H9F2N3O2/c1-2-17-10(16)7-6(8(11)12)3-5(4-13)15-9(7)14/h3,8H,2H2,1H3,(H2,14,15). The van der Waals surface area contributed by atoms with Crippen molar-refractivity contribution < 1.29 is 18.3 Å². The summed E-state index contributed by atoms with van der Waals surface area (Å²) in [7, 11) is 0. The Morgan fingerprint density at radius 2 is 2.35 bits per heavy atom. The van der Waals surface area contributed by atoms with Crippen molar-refractivity contribution in [3.8, 4) is 6.07 Å². The van der Waals surface area contributed by atoms with Crippen molar-refractivity contribution in [3.63, 3.8) is 0 Å². The fraction of sp³-hybridized carbons (Fsp3) is 0.300. The first kappa shape index (κ1) is 12.8. The molecule has 0 bridgehead atoms. The molecule has 2 N–H and O–H groups in total. The van der Waals surface area contributed by atoms with E-state index < -0.39 is 29.3 Å². The zero-order valence-electron chi connectivity index (χ0n) is 8.91. The lowest BCUT2D eigenvalue weighted by Crippen LogP contribution is -2.14. The maximum absolute atomic E-state index is 12.7. The second-order valence-corrected chi connectivity index (χ2v) is 2.99. The predicted octanol–water partition coefficient (Wildman–Crippen LogP) is 1.65. The van der Waals surface area contributed by atoms with E-state index >= 15 is 0 Å². The third-order valence-corrected chi connectivity index (χ3v) is 1.91. The lowest BCUT2D eigenvalue weighted by atomic mass is 10.1. The molecule has 0 radical (unpaired) electrons. The largest absolute Gasteiger partial charge is 0.462 e.